The summed E-state index contributed by atoms with van der Waals surface area (Å²) in [5.74, 6) is -1.51. The van der Waals surface area contributed by atoms with Crippen LogP contribution in [0.2, 0.25) is 0 Å². The van der Waals surface area contributed by atoms with E-state index < -0.39 is 17.7 Å². The molecule has 1 fully saturated rings. The van der Waals surface area contributed by atoms with Gasteiger partial charge in [-0.2, -0.15) is 0 Å². The van der Waals surface area contributed by atoms with E-state index in [0.29, 0.717) is 0 Å². The molecule has 1 aromatic rings. The van der Waals surface area contributed by atoms with Crippen molar-refractivity contribution >= 4 is 5.91 Å². The Hall–Kier alpha value is -1.49. The smallest absolute Gasteiger partial charge is 0.246 e. The lowest BCUT2D eigenvalue weighted by Gasteiger charge is -2.23. The zero-order chi connectivity index (χ0) is 10.8. The second-order valence-corrected chi connectivity index (χ2v) is 3.27. The molecule has 0 aromatic heterocycles. The molecule has 1 atom stereocenters. The van der Waals surface area contributed by atoms with E-state index in [2.05, 4.69) is 5.32 Å². The average Bonchev–Trinajstić information content (AvgIpc) is 2.20. The third-order valence-corrected chi connectivity index (χ3v) is 2.21. The predicted molar refractivity (Wildman–Crippen MR) is 48.1 cm³/mol. The van der Waals surface area contributed by atoms with Crippen LogP contribution in [0.15, 0.2) is 18.2 Å². The van der Waals surface area contributed by atoms with Gasteiger partial charge in [-0.15, -0.1) is 0 Å². The zero-order valence-electron chi connectivity index (χ0n) is 7.80. The fraction of sp³-hybridized carbons (Fsp3) is 0.300. The fourth-order valence-electron chi connectivity index (χ4n) is 1.46. The molecule has 1 heterocycles. The molecule has 0 aliphatic carbocycles. The minimum absolute atomic E-state index is 0.0958. The molecule has 1 N–H and O–H groups in total. The molecule has 1 aromatic carbocycles. The van der Waals surface area contributed by atoms with Crippen molar-refractivity contribution in [1.29, 1.82) is 0 Å². The van der Waals surface area contributed by atoms with Gasteiger partial charge in [0.1, 0.15) is 24.3 Å². The summed E-state index contributed by atoms with van der Waals surface area (Å²) in [4.78, 5) is 10.8. The highest BCUT2D eigenvalue weighted by atomic mass is 19.1. The van der Waals surface area contributed by atoms with Crippen LogP contribution in [0.4, 0.5) is 8.78 Å². The highest BCUT2D eigenvalue weighted by molar-refractivity contribution is 5.77. The third kappa shape index (κ3) is 2.12. The van der Waals surface area contributed by atoms with Gasteiger partial charge in [-0.05, 0) is 6.07 Å². The van der Waals surface area contributed by atoms with E-state index in [-0.39, 0.29) is 24.6 Å². The van der Waals surface area contributed by atoms with Crippen LogP contribution in [-0.4, -0.2) is 19.1 Å². The summed E-state index contributed by atoms with van der Waals surface area (Å²) in [7, 11) is 0. The van der Waals surface area contributed by atoms with Gasteiger partial charge in [-0.1, -0.05) is 6.07 Å². The summed E-state index contributed by atoms with van der Waals surface area (Å²) >= 11 is 0. The molecular weight excluding hydrogens is 204 g/mol. The molecule has 0 radical (unpaired) electrons. The number of benzene rings is 1. The van der Waals surface area contributed by atoms with Gasteiger partial charge in [-0.3, -0.25) is 4.79 Å². The molecule has 1 saturated heterocycles. The normalized spacial score (nSPS) is 21.2. The molecular formula is C10H9F2NO2. The molecule has 80 valence electrons. The Morgan fingerprint density at radius 3 is 2.80 bits per heavy atom. The predicted octanol–water partition coefficient (Wildman–Crippen LogP) is 1.15. The van der Waals surface area contributed by atoms with Gasteiger partial charge in [0.25, 0.3) is 0 Å². The lowest BCUT2D eigenvalue weighted by atomic mass is 10.1. The highest BCUT2D eigenvalue weighted by Gasteiger charge is 2.22. The number of morpholine rings is 1. The first-order chi connectivity index (χ1) is 7.16. The van der Waals surface area contributed by atoms with Gasteiger partial charge < -0.3 is 10.1 Å². The number of hydrogen-bond acceptors (Lipinski definition) is 2. The first kappa shape index (κ1) is 10.0. The van der Waals surface area contributed by atoms with E-state index in [4.69, 9.17) is 4.74 Å². The SMILES string of the molecule is O=C1CO[C@H](c2ccc(F)cc2F)CN1. The van der Waals surface area contributed by atoms with Gasteiger partial charge >= 0.3 is 0 Å². The maximum Gasteiger partial charge on any atom is 0.246 e. The first-order valence-electron chi connectivity index (χ1n) is 4.50. The summed E-state index contributed by atoms with van der Waals surface area (Å²) < 4.78 is 31.0. The van der Waals surface area contributed by atoms with Crippen LogP contribution >= 0.6 is 0 Å². The van der Waals surface area contributed by atoms with Gasteiger partial charge in [0.15, 0.2) is 0 Å². The van der Waals surface area contributed by atoms with Crippen molar-refractivity contribution in [2.45, 2.75) is 6.10 Å². The molecule has 0 saturated carbocycles. The Kier molecular flexibility index (Phi) is 2.64. The van der Waals surface area contributed by atoms with Crippen LogP contribution in [0.1, 0.15) is 11.7 Å². The van der Waals surface area contributed by atoms with Crippen molar-refractivity contribution in [2.24, 2.45) is 0 Å². The Morgan fingerprint density at radius 2 is 2.20 bits per heavy atom. The summed E-state index contributed by atoms with van der Waals surface area (Å²) in [6, 6.07) is 3.29. The number of rotatable bonds is 1. The summed E-state index contributed by atoms with van der Waals surface area (Å²) in [5.41, 5.74) is 0.261. The van der Waals surface area contributed by atoms with E-state index in [9.17, 15) is 13.6 Å². The number of carbonyl (C=O) groups is 1. The topological polar surface area (TPSA) is 38.3 Å². The van der Waals surface area contributed by atoms with Crippen molar-refractivity contribution in [2.75, 3.05) is 13.2 Å². The van der Waals surface area contributed by atoms with Crippen LogP contribution in [0.3, 0.4) is 0 Å². The van der Waals surface area contributed by atoms with Crippen LogP contribution < -0.4 is 5.32 Å². The maximum atomic E-state index is 13.3. The second-order valence-electron chi connectivity index (χ2n) is 3.27. The Bertz CT molecular complexity index is 385. The fourth-order valence-corrected chi connectivity index (χ4v) is 1.46. The van der Waals surface area contributed by atoms with Gasteiger partial charge in [0.2, 0.25) is 5.91 Å². The van der Waals surface area contributed by atoms with Crippen molar-refractivity contribution < 1.29 is 18.3 Å². The average molecular weight is 213 g/mol. The van der Waals surface area contributed by atoms with E-state index in [1.807, 2.05) is 0 Å². The summed E-state index contributed by atoms with van der Waals surface area (Å²) in [6.45, 7) is 0.114. The molecule has 0 spiro atoms. The van der Waals surface area contributed by atoms with Crippen LogP contribution in [0.5, 0.6) is 0 Å². The van der Waals surface area contributed by atoms with Crippen LogP contribution in [0, 0.1) is 11.6 Å². The van der Waals surface area contributed by atoms with Crippen molar-refractivity contribution in [3.63, 3.8) is 0 Å². The van der Waals surface area contributed by atoms with E-state index in [1.165, 1.54) is 6.07 Å². The second kappa shape index (κ2) is 3.94. The van der Waals surface area contributed by atoms with Gasteiger partial charge in [0, 0.05) is 18.2 Å². The monoisotopic (exact) mass is 213 g/mol. The van der Waals surface area contributed by atoms with Crippen molar-refractivity contribution in [3.05, 3.63) is 35.4 Å². The Balaban J connectivity index is 2.19. The molecule has 15 heavy (non-hydrogen) atoms. The minimum Gasteiger partial charge on any atom is -0.362 e. The number of amides is 1. The van der Waals surface area contributed by atoms with Gasteiger partial charge in [-0.25, -0.2) is 8.78 Å². The largest absolute Gasteiger partial charge is 0.362 e. The molecule has 1 aliphatic rings. The molecule has 2 rings (SSSR count). The Labute approximate surface area is 85.0 Å². The number of hydrogen-bond donors (Lipinski definition) is 1. The lowest BCUT2D eigenvalue weighted by molar-refractivity contribution is -0.133. The number of nitrogens with one attached hydrogen (secondary N) is 1. The molecule has 0 bridgehead atoms. The molecule has 1 amide bonds. The van der Waals surface area contributed by atoms with Crippen molar-refractivity contribution in [3.8, 4) is 0 Å². The van der Waals surface area contributed by atoms with E-state index >= 15 is 0 Å². The lowest BCUT2D eigenvalue weighted by Crippen LogP contribution is -2.38. The van der Waals surface area contributed by atoms with Crippen LogP contribution in [-0.2, 0) is 9.53 Å². The highest BCUT2D eigenvalue weighted by Crippen LogP contribution is 2.22. The van der Waals surface area contributed by atoms with Crippen LogP contribution in [0.25, 0.3) is 0 Å². The quantitative estimate of drug-likeness (QED) is 0.760. The zero-order valence-corrected chi connectivity index (χ0v) is 7.80. The first-order valence-corrected chi connectivity index (χ1v) is 4.50. The minimum atomic E-state index is -0.656. The number of carbonyl (C=O) groups excluding carboxylic acids is 1. The van der Waals surface area contributed by atoms with E-state index in [0.717, 1.165) is 12.1 Å². The van der Waals surface area contributed by atoms with Crippen molar-refractivity contribution in [1.82, 2.24) is 5.32 Å². The number of halogens is 2. The summed E-state index contributed by atoms with van der Waals surface area (Å²) in [6.07, 6.45) is -0.539. The molecule has 5 heteroatoms. The molecule has 3 nitrogen and oxygen atoms in total. The summed E-state index contributed by atoms with van der Waals surface area (Å²) in [5, 5.41) is 2.55. The Morgan fingerprint density at radius 1 is 1.40 bits per heavy atom. The number of ether oxygens (including phenoxy) is 1. The third-order valence-electron chi connectivity index (χ3n) is 2.21. The standard InChI is InChI=1S/C10H9F2NO2/c11-6-1-2-7(8(12)3-6)9-4-13-10(14)5-15-9/h1-3,9H,4-5H2,(H,13,14)/t9-/m0/s1. The van der Waals surface area contributed by atoms with E-state index in [1.54, 1.807) is 0 Å². The maximum absolute atomic E-state index is 13.3. The van der Waals surface area contributed by atoms with Gasteiger partial charge in [0.05, 0.1) is 0 Å². The molecule has 0 unspecified atom stereocenters. The molecule has 1 aliphatic heterocycles.